The van der Waals surface area contributed by atoms with E-state index in [4.69, 9.17) is 9.47 Å². The summed E-state index contributed by atoms with van der Waals surface area (Å²) in [5.74, 6) is 2.74. The topological polar surface area (TPSA) is 52.4 Å². The molecule has 1 aromatic heterocycles. The van der Waals surface area contributed by atoms with Gasteiger partial charge in [-0.2, -0.15) is 0 Å². The average molecular weight is 362 g/mol. The molecule has 0 amide bonds. The number of nitrogens with zero attached hydrogens (tertiary/aromatic N) is 4. The molecule has 0 aliphatic carbocycles. The van der Waals surface area contributed by atoms with Crippen molar-refractivity contribution in [3.8, 4) is 5.75 Å². The van der Waals surface area contributed by atoms with E-state index in [1.165, 1.54) is 5.56 Å². The smallest absolute Gasteiger partial charge is 0.191 e. The molecule has 1 fully saturated rings. The molecule has 3 rings (SSSR count). The predicted molar refractivity (Wildman–Crippen MR) is 99.2 cm³/mol. The largest absolute Gasteiger partial charge is 0.486 e. The van der Waals surface area contributed by atoms with Crippen molar-refractivity contribution >= 4 is 11.8 Å². The van der Waals surface area contributed by atoms with Gasteiger partial charge in [0.25, 0.3) is 0 Å². The first kappa shape index (κ1) is 18.2. The summed E-state index contributed by atoms with van der Waals surface area (Å²) in [4.78, 5) is 2.44. The average Bonchev–Trinajstić information content (AvgIpc) is 3.04. The second kappa shape index (κ2) is 9.22. The van der Waals surface area contributed by atoms with Gasteiger partial charge in [0.15, 0.2) is 11.0 Å². The van der Waals surface area contributed by atoms with Crippen LogP contribution in [0.5, 0.6) is 5.75 Å². The van der Waals surface area contributed by atoms with Crippen LogP contribution in [0.3, 0.4) is 0 Å². The molecular formula is C18H26N4O2S. The highest BCUT2D eigenvalue weighted by Crippen LogP contribution is 2.19. The monoisotopic (exact) mass is 362 g/mol. The van der Waals surface area contributed by atoms with E-state index in [0.717, 1.165) is 61.9 Å². The number of hydrogen-bond acceptors (Lipinski definition) is 6. The highest BCUT2D eigenvalue weighted by Gasteiger charge is 2.14. The summed E-state index contributed by atoms with van der Waals surface area (Å²) in [5, 5.41) is 9.64. The molecule has 6 nitrogen and oxygen atoms in total. The molecule has 0 unspecified atom stereocenters. The predicted octanol–water partition coefficient (Wildman–Crippen LogP) is 2.61. The second-order valence-electron chi connectivity index (χ2n) is 6.05. The van der Waals surface area contributed by atoms with Gasteiger partial charge in [0.05, 0.1) is 13.2 Å². The van der Waals surface area contributed by atoms with Gasteiger partial charge in [-0.25, -0.2) is 0 Å². The summed E-state index contributed by atoms with van der Waals surface area (Å²) >= 11 is 1.76. The zero-order valence-corrected chi connectivity index (χ0v) is 15.8. The van der Waals surface area contributed by atoms with Crippen molar-refractivity contribution in [2.45, 2.75) is 32.2 Å². The van der Waals surface area contributed by atoms with E-state index in [-0.39, 0.29) is 0 Å². The molecule has 0 atom stereocenters. The Morgan fingerprint density at radius 3 is 2.64 bits per heavy atom. The summed E-state index contributed by atoms with van der Waals surface area (Å²) in [7, 11) is 0. The Morgan fingerprint density at radius 1 is 1.16 bits per heavy atom. The molecule has 1 aliphatic rings. The number of ether oxygens (including phenoxy) is 2. The summed E-state index contributed by atoms with van der Waals surface area (Å²) < 4.78 is 13.4. The Balaban J connectivity index is 1.52. The van der Waals surface area contributed by atoms with Crippen molar-refractivity contribution in [1.82, 2.24) is 19.7 Å². The van der Waals surface area contributed by atoms with Gasteiger partial charge in [0, 0.05) is 31.9 Å². The molecule has 0 bridgehead atoms. The Hall–Kier alpha value is -1.57. The van der Waals surface area contributed by atoms with Crippen LogP contribution >= 0.6 is 11.8 Å². The summed E-state index contributed by atoms with van der Waals surface area (Å²) in [5.41, 5.74) is 1.23. The zero-order chi connectivity index (χ0) is 17.5. The number of morpholine rings is 1. The van der Waals surface area contributed by atoms with E-state index in [2.05, 4.69) is 33.5 Å². The Bertz CT molecular complexity index is 654. The van der Waals surface area contributed by atoms with E-state index in [0.29, 0.717) is 6.61 Å². The van der Waals surface area contributed by atoms with Crippen molar-refractivity contribution in [3.05, 3.63) is 35.7 Å². The third kappa shape index (κ3) is 5.20. The molecule has 0 radical (unpaired) electrons. The molecule has 0 spiro atoms. The van der Waals surface area contributed by atoms with E-state index < -0.39 is 0 Å². The Labute approximate surface area is 153 Å². The van der Waals surface area contributed by atoms with Gasteiger partial charge in [-0.1, -0.05) is 29.5 Å². The molecule has 1 saturated heterocycles. The van der Waals surface area contributed by atoms with Crippen LogP contribution < -0.4 is 4.74 Å². The van der Waals surface area contributed by atoms with Crippen LogP contribution in [0.25, 0.3) is 0 Å². The highest BCUT2D eigenvalue weighted by molar-refractivity contribution is 7.99. The number of hydrogen-bond donors (Lipinski definition) is 0. The minimum atomic E-state index is 0.438. The number of aromatic nitrogens is 3. The summed E-state index contributed by atoms with van der Waals surface area (Å²) in [6, 6.07) is 8.07. The quantitative estimate of drug-likeness (QED) is 0.673. The lowest BCUT2D eigenvalue weighted by Crippen LogP contribution is -2.37. The maximum atomic E-state index is 5.85. The van der Waals surface area contributed by atoms with Crippen LogP contribution in [0.2, 0.25) is 0 Å². The number of thioether (sulfide) groups is 1. The minimum absolute atomic E-state index is 0.438. The van der Waals surface area contributed by atoms with Crippen molar-refractivity contribution in [2.24, 2.45) is 0 Å². The number of benzene rings is 1. The van der Waals surface area contributed by atoms with Crippen molar-refractivity contribution in [1.29, 1.82) is 0 Å². The second-order valence-corrected chi connectivity index (χ2v) is 7.11. The first-order chi connectivity index (χ1) is 12.3. The van der Waals surface area contributed by atoms with E-state index in [9.17, 15) is 0 Å². The SMILES string of the molecule is CCn1c(COc2ccc(C)cc2)nnc1SCCN1CCOCC1. The van der Waals surface area contributed by atoms with Crippen LogP contribution in [-0.2, 0) is 17.9 Å². The van der Waals surface area contributed by atoms with Gasteiger partial charge in [0.2, 0.25) is 0 Å². The van der Waals surface area contributed by atoms with Gasteiger partial charge in [-0.05, 0) is 26.0 Å². The molecule has 0 N–H and O–H groups in total. The zero-order valence-electron chi connectivity index (χ0n) is 15.0. The van der Waals surface area contributed by atoms with Crippen molar-refractivity contribution in [2.75, 3.05) is 38.6 Å². The molecule has 2 heterocycles. The summed E-state index contributed by atoms with van der Waals surface area (Å²) in [6.45, 7) is 10.3. The van der Waals surface area contributed by atoms with Crippen LogP contribution in [-0.4, -0.2) is 58.3 Å². The van der Waals surface area contributed by atoms with E-state index in [1.54, 1.807) is 11.8 Å². The molecular weight excluding hydrogens is 336 g/mol. The molecule has 1 aliphatic heterocycles. The molecule has 0 saturated carbocycles. The molecule has 7 heteroatoms. The van der Waals surface area contributed by atoms with E-state index in [1.807, 2.05) is 24.3 Å². The standard InChI is InChI=1S/C18H26N4O2S/c1-3-22-17(14-24-16-6-4-15(2)5-7-16)19-20-18(22)25-13-10-21-8-11-23-12-9-21/h4-7H,3,8-14H2,1-2H3. The van der Waals surface area contributed by atoms with Crippen LogP contribution in [0.4, 0.5) is 0 Å². The summed E-state index contributed by atoms with van der Waals surface area (Å²) in [6.07, 6.45) is 0. The van der Waals surface area contributed by atoms with Crippen LogP contribution in [0, 0.1) is 6.92 Å². The van der Waals surface area contributed by atoms with Gasteiger partial charge >= 0.3 is 0 Å². The van der Waals surface area contributed by atoms with Gasteiger partial charge in [0.1, 0.15) is 12.4 Å². The lowest BCUT2D eigenvalue weighted by Gasteiger charge is -2.26. The van der Waals surface area contributed by atoms with Crippen molar-refractivity contribution in [3.63, 3.8) is 0 Å². The van der Waals surface area contributed by atoms with Crippen LogP contribution in [0.1, 0.15) is 18.3 Å². The molecule has 136 valence electrons. The van der Waals surface area contributed by atoms with E-state index >= 15 is 0 Å². The molecule has 2 aromatic rings. The fourth-order valence-electron chi connectivity index (χ4n) is 2.72. The lowest BCUT2D eigenvalue weighted by molar-refractivity contribution is 0.0410. The fourth-order valence-corrected chi connectivity index (χ4v) is 3.74. The van der Waals surface area contributed by atoms with Gasteiger partial charge in [-0.3, -0.25) is 4.90 Å². The maximum absolute atomic E-state index is 5.85. The normalized spacial score (nSPS) is 15.4. The molecule has 25 heavy (non-hydrogen) atoms. The lowest BCUT2D eigenvalue weighted by atomic mass is 10.2. The first-order valence-corrected chi connectivity index (χ1v) is 9.79. The van der Waals surface area contributed by atoms with Gasteiger partial charge < -0.3 is 14.0 Å². The maximum Gasteiger partial charge on any atom is 0.191 e. The highest BCUT2D eigenvalue weighted by atomic mass is 32.2. The third-order valence-corrected chi connectivity index (χ3v) is 5.19. The number of rotatable bonds is 8. The molecule has 1 aromatic carbocycles. The Kier molecular flexibility index (Phi) is 6.72. The van der Waals surface area contributed by atoms with Gasteiger partial charge in [-0.15, -0.1) is 10.2 Å². The number of aryl methyl sites for hydroxylation is 1. The van der Waals surface area contributed by atoms with Crippen molar-refractivity contribution < 1.29 is 9.47 Å². The first-order valence-electron chi connectivity index (χ1n) is 8.80. The minimum Gasteiger partial charge on any atom is -0.486 e. The fraction of sp³-hybridized carbons (Fsp3) is 0.556. The van der Waals surface area contributed by atoms with Crippen LogP contribution in [0.15, 0.2) is 29.4 Å². The third-order valence-electron chi connectivity index (χ3n) is 4.24. The Morgan fingerprint density at radius 2 is 1.92 bits per heavy atom.